The fourth-order valence-electron chi connectivity index (χ4n) is 3.66. The molecule has 1 saturated heterocycles. The van der Waals surface area contributed by atoms with E-state index in [0.29, 0.717) is 18.8 Å². The highest BCUT2D eigenvalue weighted by molar-refractivity contribution is 5.60. The Morgan fingerprint density at radius 3 is 2.44 bits per heavy atom. The molecule has 2 aromatic carbocycles. The lowest BCUT2D eigenvalue weighted by atomic mass is 10.0. The summed E-state index contributed by atoms with van der Waals surface area (Å²) in [5, 5.41) is 15.6. The molecule has 1 fully saturated rings. The summed E-state index contributed by atoms with van der Waals surface area (Å²) in [5.74, 6) is 2.05. The van der Waals surface area contributed by atoms with Crippen LogP contribution in [0.15, 0.2) is 54.9 Å². The normalized spacial score (nSPS) is 17.4. The lowest BCUT2D eigenvalue weighted by molar-refractivity contribution is 0.374. The zero-order valence-electron chi connectivity index (χ0n) is 17.9. The highest BCUT2D eigenvalue weighted by Gasteiger charge is 2.30. The SMILES string of the molecule is COc1cc(NCc2ccccc2)cc(OC)c1C1CC(Nc2cnc(C#N)cn2)NN1. The molecule has 0 saturated carbocycles. The summed E-state index contributed by atoms with van der Waals surface area (Å²) in [6, 6.07) is 16.1. The summed E-state index contributed by atoms with van der Waals surface area (Å²) >= 11 is 0. The van der Waals surface area contributed by atoms with Gasteiger partial charge >= 0.3 is 0 Å². The number of aromatic nitrogens is 2. The maximum Gasteiger partial charge on any atom is 0.158 e. The number of nitrogens with one attached hydrogen (secondary N) is 4. The first-order chi connectivity index (χ1) is 15.7. The molecule has 0 radical (unpaired) electrons. The number of hydrogen-bond acceptors (Lipinski definition) is 9. The quantitative estimate of drug-likeness (QED) is 0.427. The summed E-state index contributed by atoms with van der Waals surface area (Å²) in [6.07, 6.45) is 3.61. The minimum Gasteiger partial charge on any atom is -0.496 e. The van der Waals surface area contributed by atoms with Gasteiger partial charge in [0.25, 0.3) is 0 Å². The van der Waals surface area contributed by atoms with E-state index < -0.39 is 0 Å². The molecule has 0 bridgehead atoms. The van der Waals surface area contributed by atoms with Crippen molar-refractivity contribution in [2.24, 2.45) is 0 Å². The average Bonchev–Trinajstić information content (AvgIpc) is 3.31. The molecule has 32 heavy (non-hydrogen) atoms. The number of hydrazine groups is 1. The Labute approximate surface area is 186 Å². The molecule has 2 unspecified atom stereocenters. The van der Waals surface area contributed by atoms with Crippen molar-refractivity contribution in [3.63, 3.8) is 0 Å². The van der Waals surface area contributed by atoms with Gasteiger partial charge < -0.3 is 20.1 Å². The molecular weight excluding hydrogens is 406 g/mol. The van der Waals surface area contributed by atoms with Crippen molar-refractivity contribution in [3.8, 4) is 17.6 Å². The minimum atomic E-state index is -0.0902. The second kappa shape index (κ2) is 9.96. The van der Waals surface area contributed by atoms with Gasteiger partial charge in [-0.2, -0.15) is 5.26 Å². The predicted octanol–water partition coefficient (Wildman–Crippen LogP) is 2.95. The largest absolute Gasteiger partial charge is 0.496 e. The maximum absolute atomic E-state index is 8.86. The second-order valence-electron chi connectivity index (χ2n) is 7.31. The third-order valence-electron chi connectivity index (χ3n) is 5.22. The van der Waals surface area contributed by atoms with Gasteiger partial charge in [0.15, 0.2) is 5.69 Å². The van der Waals surface area contributed by atoms with Gasteiger partial charge in [0.1, 0.15) is 23.4 Å². The Balaban J connectivity index is 1.47. The first-order valence-corrected chi connectivity index (χ1v) is 10.2. The standard InChI is InChI=1S/C23H25N7O2/c1-31-19-8-16(25-12-15-6-4-3-5-7-15)9-20(32-2)23(19)18-10-21(30-29-18)28-22-14-26-17(11-24)13-27-22/h3-9,13-14,18,21,25,29-30H,10,12H2,1-2H3,(H,27,28). The Hall–Kier alpha value is -3.87. The first kappa shape index (κ1) is 21.4. The number of benzene rings is 2. The van der Waals surface area contributed by atoms with Crippen molar-refractivity contribution in [1.82, 2.24) is 20.8 Å². The van der Waals surface area contributed by atoms with Gasteiger partial charge in [0, 0.05) is 30.8 Å². The van der Waals surface area contributed by atoms with Gasteiger partial charge in [-0.25, -0.2) is 20.8 Å². The molecule has 2 atom stereocenters. The highest BCUT2D eigenvalue weighted by Crippen LogP contribution is 2.40. The molecule has 1 aliphatic heterocycles. The summed E-state index contributed by atoms with van der Waals surface area (Å²) < 4.78 is 11.4. The molecule has 2 heterocycles. The van der Waals surface area contributed by atoms with E-state index in [9.17, 15) is 0 Å². The molecule has 9 nitrogen and oxygen atoms in total. The Morgan fingerprint density at radius 2 is 1.81 bits per heavy atom. The first-order valence-electron chi connectivity index (χ1n) is 10.2. The molecule has 4 N–H and O–H groups in total. The molecule has 4 rings (SSSR count). The number of nitrogens with zero attached hydrogens (tertiary/aromatic N) is 3. The fraction of sp³-hybridized carbons (Fsp3) is 0.261. The predicted molar refractivity (Wildman–Crippen MR) is 121 cm³/mol. The van der Waals surface area contributed by atoms with Crippen molar-refractivity contribution in [2.75, 3.05) is 24.9 Å². The second-order valence-corrected chi connectivity index (χ2v) is 7.31. The van der Waals surface area contributed by atoms with Gasteiger partial charge in [-0.05, 0) is 5.56 Å². The smallest absolute Gasteiger partial charge is 0.158 e. The molecule has 3 aromatic rings. The van der Waals surface area contributed by atoms with Crippen molar-refractivity contribution in [2.45, 2.75) is 25.2 Å². The number of nitriles is 1. The third kappa shape index (κ3) is 4.88. The molecule has 0 amide bonds. The van der Waals surface area contributed by atoms with E-state index in [1.54, 1.807) is 20.4 Å². The van der Waals surface area contributed by atoms with Crippen molar-refractivity contribution >= 4 is 11.5 Å². The summed E-state index contributed by atoms with van der Waals surface area (Å²) in [7, 11) is 3.31. The van der Waals surface area contributed by atoms with Gasteiger partial charge in [0.2, 0.25) is 0 Å². The number of methoxy groups -OCH3 is 2. The maximum atomic E-state index is 8.86. The van der Waals surface area contributed by atoms with Crippen LogP contribution in [0.1, 0.15) is 29.3 Å². The number of ether oxygens (including phenoxy) is 2. The van der Waals surface area contributed by atoms with Gasteiger partial charge in [-0.15, -0.1) is 0 Å². The van der Waals surface area contributed by atoms with Gasteiger partial charge in [0.05, 0.1) is 44.4 Å². The lowest BCUT2D eigenvalue weighted by Crippen LogP contribution is -2.36. The molecule has 1 aromatic heterocycles. The van der Waals surface area contributed by atoms with E-state index in [4.69, 9.17) is 14.7 Å². The number of rotatable bonds is 8. The van der Waals surface area contributed by atoms with E-state index >= 15 is 0 Å². The van der Waals surface area contributed by atoms with Crippen LogP contribution in [0.25, 0.3) is 0 Å². The summed E-state index contributed by atoms with van der Waals surface area (Å²) in [6.45, 7) is 0.702. The Bertz CT molecular complexity index is 1060. The zero-order valence-corrected chi connectivity index (χ0v) is 17.9. The van der Waals surface area contributed by atoms with Crippen LogP contribution in [0, 0.1) is 11.3 Å². The van der Waals surface area contributed by atoms with Crippen LogP contribution in [0.3, 0.4) is 0 Å². The lowest BCUT2D eigenvalue weighted by Gasteiger charge is -2.20. The molecule has 164 valence electrons. The monoisotopic (exact) mass is 431 g/mol. The van der Waals surface area contributed by atoms with Crippen molar-refractivity contribution in [1.29, 1.82) is 5.26 Å². The molecule has 1 aliphatic rings. The van der Waals surface area contributed by atoms with E-state index in [1.807, 2.05) is 36.4 Å². The van der Waals surface area contributed by atoms with E-state index in [1.165, 1.54) is 11.8 Å². The van der Waals surface area contributed by atoms with Crippen LogP contribution < -0.4 is 31.0 Å². The van der Waals surface area contributed by atoms with Crippen molar-refractivity contribution < 1.29 is 9.47 Å². The van der Waals surface area contributed by atoms with Crippen LogP contribution in [-0.2, 0) is 6.54 Å². The molecular formula is C23H25N7O2. The van der Waals surface area contributed by atoms with Crippen LogP contribution in [0.2, 0.25) is 0 Å². The van der Waals surface area contributed by atoms with Crippen LogP contribution in [0.5, 0.6) is 11.5 Å². The summed E-state index contributed by atoms with van der Waals surface area (Å²) in [5.41, 5.74) is 9.84. The zero-order chi connectivity index (χ0) is 22.3. The highest BCUT2D eigenvalue weighted by atomic mass is 16.5. The van der Waals surface area contributed by atoms with Gasteiger partial charge in [-0.1, -0.05) is 30.3 Å². The fourth-order valence-corrected chi connectivity index (χ4v) is 3.66. The van der Waals surface area contributed by atoms with Crippen LogP contribution in [0.4, 0.5) is 11.5 Å². The summed E-state index contributed by atoms with van der Waals surface area (Å²) in [4.78, 5) is 8.25. The molecule has 0 aliphatic carbocycles. The number of hydrogen-bond donors (Lipinski definition) is 4. The van der Waals surface area contributed by atoms with Gasteiger partial charge in [-0.3, -0.25) is 0 Å². The Morgan fingerprint density at radius 1 is 1.06 bits per heavy atom. The van der Waals surface area contributed by atoms with E-state index in [0.717, 1.165) is 22.7 Å². The topological polar surface area (TPSA) is 116 Å². The van der Waals surface area contributed by atoms with E-state index in [-0.39, 0.29) is 17.9 Å². The Kier molecular flexibility index (Phi) is 6.65. The third-order valence-corrected chi connectivity index (χ3v) is 5.22. The minimum absolute atomic E-state index is 0.0492. The average molecular weight is 432 g/mol. The van der Waals surface area contributed by atoms with Crippen LogP contribution >= 0.6 is 0 Å². The molecule has 0 spiro atoms. The number of anilines is 2. The van der Waals surface area contributed by atoms with E-state index in [2.05, 4.69) is 43.6 Å². The van der Waals surface area contributed by atoms with Crippen molar-refractivity contribution in [3.05, 3.63) is 71.7 Å². The van der Waals surface area contributed by atoms with Crippen LogP contribution in [-0.4, -0.2) is 30.4 Å². The molecule has 9 heteroatoms.